The zero-order valence-corrected chi connectivity index (χ0v) is 13.7. The van der Waals surface area contributed by atoms with E-state index in [1.54, 1.807) is 13.4 Å². The second-order valence-corrected chi connectivity index (χ2v) is 6.17. The van der Waals surface area contributed by atoms with Crippen molar-refractivity contribution in [1.29, 1.82) is 0 Å². The molecule has 0 bridgehead atoms. The van der Waals surface area contributed by atoms with E-state index in [1.165, 1.54) is 4.90 Å². The zero-order chi connectivity index (χ0) is 16.5. The first-order chi connectivity index (χ1) is 11.8. The summed E-state index contributed by atoms with van der Waals surface area (Å²) < 4.78 is 5.31. The molecule has 0 saturated carbocycles. The normalized spacial score (nSPS) is 16.2. The van der Waals surface area contributed by atoms with Gasteiger partial charge in [-0.15, -0.1) is 0 Å². The number of aliphatic hydroxyl groups excluding tert-OH is 1. The second-order valence-electron chi connectivity index (χ2n) is 6.17. The summed E-state index contributed by atoms with van der Waals surface area (Å²) in [4.78, 5) is 16.2. The van der Waals surface area contributed by atoms with Crippen LogP contribution in [0.2, 0.25) is 0 Å². The van der Waals surface area contributed by atoms with Crippen molar-refractivity contribution in [1.82, 2.24) is 15.0 Å². The molecule has 2 aromatic heterocycles. The number of hydrogen-bond donors (Lipinski definition) is 3. The van der Waals surface area contributed by atoms with Crippen molar-refractivity contribution in [3.05, 3.63) is 24.5 Å². The molecule has 0 aliphatic carbocycles. The quantitative estimate of drug-likeness (QED) is 0.619. The molecule has 1 aromatic carbocycles. The van der Waals surface area contributed by atoms with Crippen LogP contribution in [0.25, 0.3) is 21.9 Å². The van der Waals surface area contributed by atoms with Crippen molar-refractivity contribution in [2.24, 2.45) is 0 Å². The van der Waals surface area contributed by atoms with E-state index in [0.717, 1.165) is 66.2 Å². The maximum absolute atomic E-state index is 9.10. The predicted molar refractivity (Wildman–Crippen MR) is 92.8 cm³/mol. The van der Waals surface area contributed by atoms with E-state index in [4.69, 9.17) is 9.84 Å². The Morgan fingerprint density at radius 3 is 2.88 bits per heavy atom. The Morgan fingerprint density at radius 2 is 2.12 bits per heavy atom. The van der Waals surface area contributed by atoms with Crippen molar-refractivity contribution in [3.63, 3.8) is 0 Å². The molecule has 3 N–H and O–H groups in total. The maximum Gasteiger partial charge on any atom is 0.156 e. The van der Waals surface area contributed by atoms with Gasteiger partial charge in [0.2, 0.25) is 0 Å². The first-order valence-electron chi connectivity index (χ1n) is 8.30. The molecule has 0 radical (unpaired) electrons. The summed E-state index contributed by atoms with van der Waals surface area (Å²) in [6.45, 7) is 4.95. The highest BCUT2D eigenvalue weighted by Gasteiger charge is 2.23. The molecule has 7 heteroatoms. The molecule has 7 nitrogen and oxygen atoms in total. The zero-order valence-electron chi connectivity index (χ0n) is 13.7. The molecule has 1 aliphatic heterocycles. The lowest BCUT2D eigenvalue weighted by Gasteiger charge is -2.32. The summed E-state index contributed by atoms with van der Waals surface area (Å²) in [6, 6.07) is 5.98. The van der Waals surface area contributed by atoms with Crippen LogP contribution in [0.4, 0.5) is 5.82 Å². The van der Waals surface area contributed by atoms with Crippen LogP contribution in [0.5, 0.6) is 5.75 Å². The largest absolute Gasteiger partial charge is 0.497 e. The van der Waals surface area contributed by atoms with Gasteiger partial charge < -0.3 is 24.6 Å². The third-order valence-electron chi connectivity index (χ3n) is 4.80. The average Bonchev–Trinajstić information content (AvgIpc) is 3.00. The van der Waals surface area contributed by atoms with Gasteiger partial charge in [0.1, 0.15) is 29.7 Å². The van der Waals surface area contributed by atoms with Crippen LogP contribution in [-0.4, -0.2) is 66.5 Å². The second kappa shape index (κ2) is 6.26. The molecule has 3 aromatic rings. The fourth-order valence-corrected chi connectivity index (χ4v) is 3.47. The van der Waals surface area contributed by atoms with E-state index in [-0.39, 0.29) is 6.61 Å². The summed E-state index contributed by atoms with van der Waals surface area (Å²) in [5, 5.41) is 10.2. The molecule has 24 heavy (non-hydrogen) atoms. The van der Waals surface area contributed by atoms with E-state index in [1.807, 2.05) is 18.2 Å². The molecule has 0 spiro atoms. The Kier molecular flexibility index (Phi) is 3.95. The fraction of sp³-hybridized carbons (Fsp3) is 0.412. The Labute approximate surface area is 139 Å². The van der Waals surface area contributed by atoms with E-state index in [2.05, 4.69) is 19.9 Å². The lowest BCUT2D eigenvalue weighted by molar-refractivity contribution is -0.900. The lowest BCUT2D eigenvalue weighted by atomic mass is 10.2. The molecule has 1 aliphatic rings. The maximum atomic E-state index is 9.10. The highest BCUT2D eigenvalue weighted by atomic mass is 16.5. The van der Waals surface area contributed by atoms with Gasteiger partial charge in [-0.2, -0.15) is 0 Å². The number of benzene rings is 1. The van der Waals surface area contributed by atoms with Gasteiger partial charge in [-0.1, -0.05) is 0 Å². The van der Waals surface area contributed by atoms with Crippen LogP contribution >= 0.6 is 0 Å². The van der Waals surface area contributed by atoms with Crippen LogP contribution in [-0.2, 0) is 0 Å². The van der Waals surface area contributed by atoms with Gasteiger partial charge in [0.05, 0.1) is 45.4 Å². The highest BCUT2D eigenvalue weighted by molar-refractivity contribution is 6.08. The number of H-pyrrole nitrogens is 1. The average molecular weight is 328 g/mol. The van der Waals surface area contributed by atoms with E-state index >= 15 is 0 Å². The molecule has 3 heterocycles. The Morgan fingerprint density at radius 1 is 1.29 bits per heavy atom. The minimum absolute atomic E-state index is 0.247. The first-order valence-corrected chi connectivity index (χ1v) is 8.30. The fourth-order valence-electron chi connectivity index (χ4n) is 3.47. The number of aliphatic hydroxyl groups is 1. The molecule has 0 amide bonds. The van der Waals surface area contributed by atoms with Crippen molar-refractivity contribution in [2.45, 2.75) is 0 Å². The number of methoxy groups -OCH3 is 1. The smallest absolute Gasteiger partial charge is 0.156 e. The summed E-state index contributed by atoms with van der Waals surface area (Å²) in [6.07, 6.45) is 1.64. The number of aromatic amines is 1. The number of aromatic nitrogens is 3. The minimum atomic E-state index is 0.247. The van der Waals surface area contributed by atoms with Crippen molar-refractivity contribution in [3.8, 4) is 5.75 Å². The summed E-state index contributed by atoms with van der Waals surface area (Å²) >= 11 is 0. The molecular formula is C17H22N5O2+. The van der Waals surface area contributed by atoms with Gasteiger partial charge in [0, 0.05) is 11.5 Å². The van der Waals surface area contributed by atoms with Gasteiger partial charge >= 0.3 is 0 Å². The molecule has 0 unspecified atom stereocenters. The number of ether oxygens (including phenoxy) is 1. The van der Waals surface area contributed by atoms with Gasteiger partial charge in [-0.3, -0.25) is 0 Å². The third kappa shape index (κ3) is 2.55. The standard InChI is InChI=1S/C17H21N5O2/c1-24-12-2-3-13-14(10-12)20-16-15(13)18-11-19-17(16)22-6-4-21(5-7-22)8-9-23/h2-3,10-11,20,23H,4-9H2,1H3/p+1. The molecule has 4 rings (SSSR count). The predicted octanol–water partition coefficient (Wildman–Crippen LogP) is -0.183. The lowest BCUT2D eigenvalue weighted by Crippen LogP contribution is -3.15. The Bertz CT molecular complexity index is 855. The van der Waals surface area contributed by atoms with E-state index in [0.29, 0.717) is 0 Å². The van der Waals surface area contributed by atoms with Gasteiger partial charge in [-0.25, -0.2) is 9.97 Å². The number of anilines is 1. The summed E-state index contributed by atoms with van der Waals surface area (Å²) in [5.41, 5.74) is 2.93. The number of piperazine rings is 1. The number of hydrogen-bond acceptors (Lipinski definition) is 5. The number of nitrogens with one attached hydrogen (secondary N) is 2. The van der Waals surface area contributed by atoms with Crippen molar-refractivity contribution in [2.75, 3.05) is 51.3 Å². The Balaban J connectivity index is 1.71. The van der Waals surface area contributed by atoms with Crippen LogP contribution in [0, 0.1) is 0 Å². The SMILES string of the molecule is COc1ccc2c(c1)[nH]c1c(N3CC[NH+](CCO)CC3)ncnc12. The van der Waals surface area contributed by atoms with Crippen molar-refractivity contribution >= 4 is 27.8 Å². The molecule has 126 valence electrons. The van der Waals surface area contributed by atoms with E-state index < -0.39 is 0 Å². The highest BCUT2D eigenvalue weighted by Crippen LogP contribution is 2.31. The summed E-state index contributed by atoms with van der Waals surface area (Å²) in [5.74, 6) is 1.78. The number of nitrogens with zero attached hydrogens (tertiary/aromatic N) is 3. The molecule has 1 fully saturated rings. The van der Waals surface area contributed by atoms with Crippen LogP contribution in [0.15, 0.2) is 24.5 Å². The number of fused-ring (bicyclic) bond motifs is 3. The van der Waals surface area contributed by atoms with Crippen LogP contribution in [0.1, 0.15) is 0 Å². The number of quaternary nitrogens is 1. The van der Waals surface area contributed by atoms with Gasteiger partial charge in [0.25, 0.3) is 0 Å². The molecular weight excluding hydrogens is 306 g/mol. The van der Waals surface area contributed by atoms with E-state index in [9.17, 15) is 0 Å². The monoisotopic (exact) mass is 328 g/mol. The van der Waals surface area contributed by atoms with Crippen molar-refractivity contribution < 1.29 is 14.7 Å². The van der Waals surface area contributed by atoms with Crippen LogP contribution in [0.3, 0.4) is 0 Å². The third-order valence-corrected chi connectivity index (χ3v) is 4.80. The Hall–Kier alpha value is -2.38. The topological polar surface area (TPSA) is 78.7 Å². The summed E-state index contributed by atoms with van der Waals surface area (Å²) in [7, 11) is 1.67. The first kappa shape index (κ1) is 15.2. The van der Waals surface area contributed by atoms with Gasteiger partial charge in [0.15, 0.2) is 5.82 Å². The molecule has 0 atom stereocenters. The molecule has 1 saturated heterocycles. The van der Waals surface area contributed by atoms with Gasteiger partial charge in [-0.05, 0) is 12.1 Å². The number of rotatable bonds is 4. The van der Waals surface area contributed by atoms with Crippen LogP contribution < -0.4 is 14.5 Å². The minimum Gasteiger partial charge on any atom is -0.497 e.